The minimum absolute atomic E-state index is 1.35. The molecule has 0 aliphatic heterocycles. The van der Waals surface area contributed by atoms with Crippen molar-refractivity contribution in [1.82, 2.24) is 0 Å². The Morgan fingerprint density at radius 1 is 0.282 bits per heavy atom. The summed E-state index contributed by atoms with van der Waals surface area (Å²) in [6.07, 6.45) is 0. The summed E-state index contributed by atoms with van der Waals surface area (Å²) in [6, 6.07) is 19.2. The van der Waals surface area contributed by atoms with Gasteiger partial charge >= 0.3 is 0 Å². The van der Waals surface area contributed by atoms with Crippen LogP contribution in [0, 0.1) is 83.1 Å². The van der Waals surface area contributed by atoms with Crippen LogP contribution in [0.25, 0.3) is 0 Å². The summed E-state index contributed by atoms with van der Waals surface area (Å²) in [5, 5.41) is 5.68. The molecule has 0 heterocycles. The molecule has 0 unspecified atom stereocenters. The fourth-order valence-electron chi connectivity index (χ4n) is 5.83. The second-order valence-corrected chi connectivity index (χ2v) is 17.2. The fraction of sp³-hybridized carbons (Fsp3) is 0.333. The lowest BCUT2D eigenvalue weighted by Crippen LogP contribution is -2.58. The molecule has 4 rings (SSSR count). The van der Waals surface area contributed by atoms with Gasteiger partial charge in [-0.3, -0.25) is 0 Å². The predicted molar refractivity (Wildman–Crippen MR) is 177 cm³/mol. The summed E-state index contributed by atoms with van der Waals surface area (Å²) in [4.78, 5) is 0. The maximum absolute atomic E-state index is 7.78. The van der Waals surface area contributed by atoms with Crippen molar-refractivity contribution < 1.29 is 4.12 Å². The molecule has 1 nitrogen and oxygen atoms in total. The zero-order valence-corrected chi connectivity index (χ0v) is 28.5. The van der Waals surface area contributed by atoms with Gasteiger partial charge in [-0.25, -0.2) is 0 Å². The first-order valence-electron chi connectivity index (χ1n) is 14.2. The topological polar surface area (TPSA) is 9.23 Å². The summed E-state index contributed by atoms with van der Waals surface area (Å²) < 4.78 is 7.78. The van der Waals surface area contributed by atoms with E-state index in [0.29, 0.717) is 0 Å². The highest BCUT2D eigenvalue weighted by Crippen LogP contribution is 2.17. The Morgan fingerprint density at radius 3 is 0.667 bits per heavy atom. The largest absolute Gasteiger partial charge is 0.446 e. The van der Waals surface area contributed by atoms with Crippen LogP contribution in [0.4, 0.5) is 0 Å². The maximum atomic E-state index is 7.78. The molecular weight excluding hydrogens is 505 g/mol. The number of hydrogen-bond acceptors (Lipinski definition) is 1. The third kappa shape index (κ3) is 5.91. The number of rotatable bonds is 6. The van der Waals surface area contributed by atoms with E-state index in [9.17, 15) is 0 Å². The van der Waals surface area contributed by atoms with E-state index in [4.69, 9.17) is 4.12 Å². The minimum Gasteiger partial charge on any atom is -0.446 e. The SMILES string of the molecule is Cc1cc(C)c([SiH](O[SiH](c2cc(C)c(C)cc2C)c2cc(C)c(C)cc2C)c2cc(C)c(C)cc2C)cc1C. The van der Waals surface area contributed by atoms with E-state index in [2.05, 4.69) is 132 Å². The first kappa shape index (κ1) is 29.3. The molecule has 0 saturated heterocycles. The lowest BCUT2D eigenvalue weighted by atomic mass is 10.1. The van der Waals surface area contributed by atoms with Crippen LogP contribution in [-0.4, -0.2) is 18.1 Å². The van der Waals surface area contributed by atoms with Gasteiger partial charge in [-0.15, -0.1) is 0 Å². The van der Waals surface area contributed by atoms with Gasteiger partial charge in [0, 0.05) is 0 Å². The smallest absolute Gasteiger partial charge is 0.229 e. The Labute approximate surface area is 240 Å². The van der Waals surface area contributed by atoms with Crippen molar-refractivity contribution in [2.24, 2.45) is 0 Å². The summed E-state index contributed by atoms with van der Waals surface area (Å²) in [7, 11) is -4.12. The lowest BCUT2D eigenvalue weighted by Gasteiger charge is -2.30. The molecule has 204 valence electrons. The molecule has 0 aliphatic rings. The summed E-state index contributed by atoms with van der Waals surface area (Å²) in [5.41, 5.74) is 16.2. The molecule has 39 heavy (non-hydrogen) atoms. The Kier molecular flexibility index (Phi) is 8.56. The third-order valence-electron chi connectivity index (χ3n) is 8.93. The normalized spacial score (nSPS) is 11.6. The van der Waals surface area contributed by atoms with E-state index in [1.807, 2.05) is 0 Å². The predicted octanol–water partition coefficient (Wildman–Crippen LogP) is 5.78. The van der Waals surface area contributed by atoms with E-state index >= 15 is 0 Å². The highest BCUT2D eigenvalue weighted by molar-refractivity contribution is 6.92. The van der Waals surface area contributed by atoms with Gasteiger partial charge in [0.25, 0.3) is 0 Å². The van der Waals surface area contributed by atoms with Crippen LogP contribution in [-0.2, 0) is 4.12 Å². The van der Waals surface area contributed by atoms with Gasteiger partial charge in [-0.2, -0.15) is 0 Å². The van der Waals surface area contributed by atoms with Crippen molar-refractivity contribution >= 4 is 38.8 Å². The minimum atomic E-state index is -2.06. The molecular formula is C36H46OSi2. The molecule has 4 aromatic rings. The van der Waals surface area contributed by atoms with Gasteiger partial charge in [0.15, 0.2) is 0 Å². The van der Waals surface area contributed by atoms with E-state index in [1.165, 1.54) is 87.5 Å². The van der Waals surface area contributed by atoms with Crippen LogP contribution < -0.4 is 20.7 Å². The maximum Gasteiger partial charge on any atom is 0.229 e. The molecule has 3 heteroatoms. The van der Waals surface area contributed by atoms with Crippen molar-refractivity contribution in [1.29, 1.82) is 0 Å². The van der Waals surface area contributed by atoms with Crippen molar-refractivity contribution in [3.63, 3.8) is 0 Å². The van der Waals surface area contributed by atoms with Gasteiger partial charge in [-0.1, -0.05) is 48.5 Å². The quantitative estimate of drug-likeness (QED) is 0.277. The lowest BCUT2D eigenvalue weighted by molar-refractivity contribution is 0.632. The fourth-order valence-corrected chi connectivity index (χ4v) is 13.5. The standard InChI is InChI=1S/C36H46OSi2/c1-21-13-29(9)33(17-25(21)5)38(34-18-26(6)22(2)14-30(34)10)37-39(35-19-27(7)23(3)15-31(35)11)36-20-28(8)24(4)16-32(36)12/h13-20,38-39H,1-12H3. The molecule has 0 amide bonds. The first-order valence-corrected chi connectivity index (χ1v) is 17.5. The molecule has 0 atom stereocenters. The average Bonchev–Trinajstić information content (AvgIpc) is 2.85. The number of benzene rings is 4. The van der Waals surface area contributed by atoms with Crippen LogP contribution in [0.5, 0.6) is 0 Å². The number of hydrogen-bond donors (Lipinski definition) is 0. The monoisotopic (exact) mass is 550 g/mol. The van der Waals surface area contributed by atoms with Crippen molar-refractivity contribution in [2.45, 2.75) is 83.1 Å². The molecule has 0 bridgehead atoms. The average molecular weight is 551 g/mol. The molecule has 0 aliphatic carbocycles. The van der Waals surface area contributed by atoms with Crippen LogP contribution >= 0.6 is 0 Å². The second kappa shape index (κ2) is 11.4. The molecule has 0 aromatic heterocycles. The molecule has 0 N–H and O–H groups in total. The Morgan fingerprint density at radius 2 is 0.462 bits per heavy atom. The Hall–Kier alpha value is -2.73. The second-order valence-electron chi connectivity index (χ2n) is 12.1. The Balaban J connectivity index is 2.02. The molecule has 0 fully saturated rings. The summed E-state index contributed by atoms with van der Waals surface area (Å²) in [6.45, 7) is 27.0. The van der Waals surface area contributed by atoms with E-state index < -0.39 is 18.1 Å². The van der Waals surface area contributed by atoms with Crippen LogP contribution in [0.3, 0.4) is 0 Å². The van der Waals surface area contributed by atoms with Crippen molar-refractivity contribution in [3.05, 3.63) is 115 Å². The van der Waals surface area contributed by atoms with Gasteiger partial charge in [0.1, 0.15) is 0 Å². The van der Waals surface area contributed by atoms with Crippen molar-refractivity contribution in [3.8, 4) is 0 Å². The van der Waals surface area contributed by atoms with Crippen LogP contribution in [0.1, 0.15) is 66.8 Å². The highest BCUT2D eigenvalue weighted by Gasteiger charge is 2.31. The van der Waals surface area contributed by atoms with Crippen LogP contribution in [0.15, 0.2) is 48.5 Å². The van der Waals surface area contributed by atoms with E-state index in [-0.39, 0.29) is 0 Å². The highest BCUT2D eigenvalue weighted by atomic mass is 28.4. The third-order valence-corrected chi connectivity index (χ3v) is 15.9. The molecule has 0 radical (unpaired) electrons. The van der Waals surface area contributed by atoms with E-state index in [0.717, 1.165) is 0 Å². The zero-order valence-electron chi connectivity index (χ0n) is 26.2. The van der Waals surface area contributed by atoms with Crippen LogP contribution in [0.2, 0.25) is 0 Å². The first-order chi connectivity index (χ1) is 18.3. The number of aryl methyl sites for hydroxylation is 12. The summed E-state index contributed by atoms with van der Waals surface area (Å²) >= 11 is 0. The van der Waals surface area contributed by atoms with Crippen molar-refractivity contribution in [2.75, 3.05) is 0 Å². The van der Waals surface area contributed by atoms with Gasteiger partial charge < -0.3 is 4.12 Å². The molecule has 0 spiro atoms. The van der Waals surface area contributed by atoms with Gasteiger partial charge in [0.2, 0.25) is 18.1 Å². The zero-order chi connectivity index (χ0) is 28.8. The molecule has 0 saturated carbocycles. The van der Waals surface area contributed by atoms with Gasteiger partial charge in [0.05, 0.1) is 0 Å². The van der Waals surface area contributed by atoms with Gasteiger partial charge in [-0.05, 0) is 171 Å². The molecule has 4 aromatic carbocycles. The summed E-state index contributed by atoms with van der Waals surface area (Å²) in [5.74, 6) is 0. The van der Waals surface area contributed by atoms with E-state index in [1.54, 1.807) is 0 Å². The Bertz CT molecular complexity index is 1330.